The van der Waals surface area contributed by atoms with E-state index in [1.165, 1.54) is 31.0 Å². The highest BCUT2D eigenvalue weighted by molar-refractivity contribution is 8.00. The molecule has 1 saturated carbocycles. The summed E-state index contributed by atoms with van der Waals surface area (Å²) in [5.74, 6) is 0.292. The molecule has 0 bridgehead atoms. The summed E-state index contributed by atoms with van der Waals surface area (Å²) in [4.78, 5) is 30.4. The van der Waals surface area contributed by atoms with Crippen molar-refractivity contribution in [2.24, 2.45) is 5.92 Å². The van der Waals surface area contributed by atoms with Gasteiger partial charge in [0, 0.05) is 17.6 Å². The van der Waals surface area contributed by atoms with Crippen LogP contribution in [0.2, 0.25) is 5.02 Å². The van der Waals surface area contributed by atoms with Crippen LogP contribution in [-0.4, -0.2) is 26.8 Å². The molecule has 1 aliphatic carbocycles. The van der Waals surface area contributed by atoms with Gasteiger partial charge in [0.25, 0.3) is 5.56 Å². The first-order chi connectivity index (χ1) is 13.3. The van der Waals surface area contributed by atoms with Gasteiger partial charge < -0.3 is 5.32 Å². The van der Waals surface area contributed by atoms with Gasteiger partial charge >= 0.3 is 0 Å². The molecule has 1 amide bonds. The van der Waals surface area contributed by atoms with Gasteiger partial charge in [-0.25, -0.2) is 4.98 Å². The summed E-state index contributed by atoms with van der Waals surface area (Å²) < 4.78 is 1.68. The lowest BCUT2D eigenvalue weighted by Crippen LogP contribution is -2.40. The zero-order chi connectivity index (χ0) is 20.3. The molecule has 152 valence electrons. The minimum Gasteiger partial charge on any atom is -0.352 e. The molecule has 1 heterocycles. The van der Waals surface area contributed by atoms with Crippen LogP contribution < -0.4 is 10.9 Å². The van der Waals surface area contributed by atoms with Crippen molar-refractivity contribution in [1.29, 1.82) is 0 Å². The van der Waals surface area contributed by atoms with Crippen molar-refractivity contribution < 1.29 is 4.79 Å². The number of halogens is 1. The molecule has 1 unspecified atom stereocenters. The van der Waals surface area contributed by atoms with Crippen LogP contribution >= 0.6 is 23.4 Å². The zero-order valence-electron chi connectivity index (χ0n) is 16.7. The molecule has 1 aromatic heterocycles. The van der Waals surface area contributed by atoms with E-state index in [9.17, 15) is 9.59 Å². The second-order valence-electron chi connectivity index (χ2n) is 7.97. The molecule has 0 aliphatic heterocycles. The van der Waals surface area contributed by atoms with Crippen molar-refractivity contribution in [1.82, 2.24) is 14.9 Å². The van der Waals surface area contributed by atoms with Crippen molar-refractivity contribution in [2.45, 2.75) is 75.9 Å². The van der Waals surface area contributed by atoms with E-state index < -0.39 is 0 Å². The molecule has 2 aromatic rings. The lowest BCUT2D eigenvalue weighted by Gasteiger charge is -2.24. The number of amides is 1. The Morgan fingerprint density at radius 1 is 1.29 bits per heavy atom. The van der Waals surface area contributed by atoms with Gasteiger partial charge in [-0.1, -0.05) is 56.5 Å². The number of hydrogen-bond acceptors (Lipinski definition) is 4. The maximum Gasteiger partial charge on any atom is 0.262 e. The summed E-state index contributed by atoms with van der Waals surface area (Å²) in [6.07, 6.45) is 5.71. The van der Waals surface area contributed by atoms with Gasteiger partial charge in [-0.2, -0.15) is 0 Å². The third kappa shape index (κ3) is 5.09. The number of aromatic nitrogens is 2. The Hall–Kier alpha value is -1.53. The standard InChI is InChI=1S/C21H28ClN3O2S/c1-13(2)12-25-20(27)17-11-15(22)9-10-18(17)24-21(25)28-14(3)19(26)23-16-7-5-4-6-8-16/h9-11,13-14,16H,4-8,12H2,1-3H3,(H,23,26). The van der Waals surface area contributed by atoms with Crippen LogP contribution in [0.15, 0.2) is 28.2 Å². The summed E-state index contributed by atoms with van der Waals surface area (Å²) in [7, 11) is 0. The molecule has 28 heavy (non-hydrogen) atoms. The minimum atomic E-state index is -0.322. The fourth-order valence-electron chi connectivity index (χ4n) is 3.57. The third-order valence-electron chi connectivity index (χ3n) is 5.03. The van der Waals surface area contributed by atoms with E-state index in [-0.39, 0.29) is 28.7 Å². The number of fused-ring (bicyclic) bond motifs is 1. The molecule has 1 N–H and O–H groups in total. The van der Waals surface area contributed by atoms with Crippen LogP contribution in [0.25, 0.3) is 10.9 Å². The van der Waals surface area contributed by atoms with Crippen LogP contribution in [0.5, 0.6) is 0 Å². The van der Waals surface area contributed by atoms with Crippen molar-refractivity contribution in [3.05, 3.63) is 33.6 Å². The molecule has 0 radical (unpaired) electrons. The molecule has 7 heteroatoms. The van der Waals surface area contributed by atoms with Crippen LogP contribution in [0.1, 0.15) is 52.9 Å². The molecule has 0 spiro atoms. The second kappa shape index (κ2) is 9.31. The lowest BCUT2D eigenvalue weighted by molar-refractivity contribution is -0.121. The van der Waals surface area contributed by atoms with Gasteiger partial charge in [0.05, 0.1) is 16.2 Å². The van der Waals surface area contributed by atoms with E-state index in [4.69, 9.17) is 11.6 Å². The Balaban J connectivity index is 1.86. The van der Waals surface area contributed by atoms with Crippen LogP contribution in [-0.2, 0) is 11.3 Å². The van der Waals surface area contributed by atoms with Gasteiger partial charge in [-0.05, 0) is 43.9 Å². The molecular formula is C21H28ClN3O2S. The van der Waals surface area contributed by atoms with Crippen molar-refractivity contribution in [3.63, 3.8) is 0 Å². The first kappa shape index (κ1) is 21.2. The van der Waals surface area contributed by atoms with Crippen LogP contribution in [0, 0.1) is 5.92 Å². The van der Waals surface area contributed by atoms with E-state index in [1.807, 2.05) is 6.92 Å². The van der Waals surface area contributed by atoms with Gasteiger partial charge in [-0.15, -0.1) is 0 Å². The average Bonchev–Trinajstić information content (AvgIpc) is 2.66. The highest BCUT2D eigenvalue weighted by Crippen LogP contribution is 2.25. The molecule has 3 rings (SSSR count). The summed E-state index contributed by atoms with van der Waals surface area (Å²) >= 11 is 7.42. The summed E-state index contributed by atoms with van der Waals surface area (Å²) in [6.45, 7) is 6.54. The van der Waals surface area contributed by atoms with Crippen molar-refractivity contribution in [3.8, 4) is 0 Å². The summed E-state index contributed by atoms with van der Waals surface area (Å²) in [6, 6.07) is 5.43. The van der Waals surface area contributed by atoms with E-state index >= 15 is 0 Å². The maximum absolute atomic E-state index is 13.1. The number of nitrogens with one attached hydrogen (secondary N) is 1. The van der Waals surface area contributed by atoms with E-state index in [0.717, 1.165) is 12.8 Å². The number of nitrogens with zero attached hydrogens (tertiary/aromatic N) is 2. The fraction of sp³-hybridized carbons (Fsp3) is 0.571. The molecule has 5 nitrogen and oxygen atoms in total. The molecular weight excluding hydrogens is 394 g/mol. The largest absolute Gasteiger partial charge is 0.352 e. The van der Waals surface area contributed by atoms with E-state index in [0.29, 0.717) is 27.6 Å². The molecule has 1 atom stereocenters. The second-order valence-corrected chi connectivity index (χ2v) is 9.71. The number of rotatable bonds is 6. The molecule has 1 fully saturated rings. The summed E-state index contributed by atoms with van der Waals surface area (Å²) in [5, 5.41) is 4.45. The normalized spacial score (nSPS) is 16.5. The van der Waals surface area contributed by atoms with Crippen LogP contribution in [0.3, 0.4) is 0 Å². The smallest absolute Gasteiger partial charge is 0.262 e. The highest BCUT2D eigenvalue weighted by atomic mass is 35.5. The average molecular weight is 422 g/mol. The predicted molar refractivity (Wildman–Crippen MR) is 116 cm³/mol. The van der Waals surface area contributed by atoms with E-state index in [2.05, 4.69) is 24.1 Å². The fourth-order valence-corrected chi connectivity index (χ4v) is 4.67. The highest BCUT2D eigenvalue weighted by Gasteiger charge is 2.23. The number of thioether (sulfide) groups is 1. The Labute approximate surface area is 175 Å². The Kier molecular flexibility index (Phi) is 7.05. The number of carbonyl (C=O) groups is 1. The first-order valence-electron chi connectivity index (χ1n) is 10.0. The maximum atomic E-state index is 13.1. The Bertz CT molecular complexity index is 906. The Morgan fingerprint density at radius 2 is 2.00 bits per heavy atom. The van der Waals surface area contributed by atoms with Crippen molar-refractivity contribution >= 4 is 40.2 Å². The quantitative estimate of drug-likeness (QED) is 0.545. The van der Waals surface area contributed by atoms with E-state index in [1.54, 1.807) is 22.8 Å². The molecule has 1 aliphatic rings. The first-order valence-corrected chi connectivity index (χ1v) is 11.3. The van der Waals surface area contributed by atoms with Gasteiger partial charge in [0.2, 0.25) is 5.91 Å². The lowest BCUT2D eigenvalue weighted by atomic mass is 9.95. The third-order valence-corrected chi connectivity index (χ3v) is 6.36. The molecule has 1 aromatic carbocycles. The predicted octanol–water partition coefficient (Wildman–Crippen LogP) is 4.64. The van der Waals surface area contributed by atoms with Gasteiger partial charge in [-0.3, -0.25) is 14.2 Å². The minimum absolute atomic E-state index is 0.0125. The van der Waals surface area contributed by atoms with Crippen LogP contribution in [0.4, 0.5) is 0 Å². The molecule has 0 saturated heterocycles. The van der Waals surface area contributed by atoms with Gasteiger partial charge in [0.1, 0.15) is 0 Å². The summed E-state index contributed by atoms with van der Waals surface area (Å²) in [5.41, 5.74) is 0.500. The van der Waals surface area contributed by atoms with Gasteiger partial charge in [0.15, 0.2) is 5.16 Å². The number of carbonyl (C=O) groups excluding carboxylic acids is 1. The number of benzene rings is 1. The zero-order valence-corrected chi connectivity index (χ0v) is 18.3. The topological polar surface area (TPSA) is 64.0 Å². The monoisotopic (exact) mass is 421 g/mol. The van der Waals surface area contributed by atoms with Crippen molar-refractivity contribution in [2.75, 3.05) is 0 Å². The number of hydrogen-bond donors (Lipinski definition) is 1. The SMILES string of the molecule is CC(C)Cn1c(SC(C)C(=O)NC2CCCCC2)nc2ccc(Cl)cc2c1=O. The Morgan fingerprint density at radius 3 is 2.68 bits per heavy atom.